The number of nitrogens with one attached hydrogen (secondary N) is 1. The number of carbonyl (C=O) groups excluding carboxylic acids is 2. The molecule has 0 spiro atoms. The first-order valence-electron chi connectivity index (χ1n) is 9.02. The van der Waals surface area contributed by atoms with E-state index in [4.69, 9.17) is 11.6 Å². The lowest BCUT2D eigenvalue weighted by Gasteiger charge is -2.15. The van der Waals surface area contributed by atoms with E-state index >= 15 is 0 Å². The number of hydrogen-bond donors (Lipinski definition) is 1. The fourth-order valence-electron chi connectivity index (χ4n) is 3.16. The quantitative estimate of drug-likeness (QED) is 0.840. The molecule has 2 amide bonds. The maximum absolute atomic E-state index is 12.5. The molecule has 0 unspecified atom stereocenters. The van der Waals surface area contributed by atoms with Crippen molar-refractivity contribution in [2.45, 2.75) is 32.2 Å². The molecule has 4 nitrogen and oxygen atoms in total. The lowest BCUT2D eigenvalue weighted by molar-refractivity contribution is -0.121. The van der Waals surface area contributed by atoms with Gasteiger partial charge in [0.15, 0.2) is 0 Å². The van der Waals surface area contributed by atoms with Crippen LogP contribution >= 0.6 is 11.6 Å². The molecule has 0 aromatic heterocycles. The number of carbonyl (C=O) groups is 2. The van der Waals surface area contributed by atoms with Crippen LogP contribution in [0.5, 0.6) is 0 Å². The van der Waals surface area contributed by atoms with E-state index in [1.165, 1.54) is 0 Å². The maximum Gasteiger partial charge on any atom is 0.253 e. The lowest BCUT2D eigenvalue weighted by atomic mass is 10.1. The molecule has 26 heavy (non-hydrogen) atoms. The van der Waals surface area contributed by atoms with Gasteiger partial charge in [-0.2, -0.15) is 0 Å². The van der Waals surface area contributed by atoms with Gasteiger partial charge in [-0.3, -0.25) is 9.59 Å². The van der Waals surface area contributed by atoms with Crippen LogP contribution in [0.2, 0.25) is 5.02 Å². The molecule has 3 rings (SSSR count). The van der Waals surface area contributed by atoms with E-state index in [1.807, 2.05) is 53.4 Å². The third kappa shape index (κ3) is 4.85. The molecule has 1 aliphatic heterocycles. The Kier molecular flexibility index (Phi) is 6.29. The van der Waals surface area contributed by atoms with Crippen molar-refractivity contribution in [2.24, 2.45) is 0 Å². The van der Waals surface area contributed by atoms with Crippen LogP contribution < -0.4 is 5.32 Å². The second-order valence-corrected chi connectivity index (χ2v) is 6.98. The minimum absolute atomic E-state index is 0.0267. The number of aryl methyl sites for hydroxylation is 1. The Morgan fingerprint density at radius 3 is 2.58 bits per heavy atom. The minimum atomic E-state index is -0.0267. The van der Waals surface area contributed by atoms with E-state index in [9.17, 15) is 9.59 Å². The molecule has 1 N–H and O–H groups in total. The summed E-state index contributed by atoms with van der Waals surface area (Å²) in [5, 5.41) is 3.61. The van der Waals surface area contributed by atoms with Crippen LogP contribution in [0, 0.1) is 0 Å². The van der Waals surface area contributed by atoms with Crippen molar-refractivity contribution in [1.82, 2.24) is 10.2 Å². The second kappa shape index (κ2) is 8.86. The average molecular weight is 371 g/mol. The molecule has 1 heterocycles. The van der Waals surface area contributed by atoms with Crippen LogP contribution in [0.3, 0.4) is 0 Å². The van der Waals surface area contributed by atoms with E-state index in [-0.39, 0.29) is 11.8 Å². The molecule has 0 radical (unpaired) electrons. The molecule has 1 saturated heterocycles. The first kappa shape index (κ1) is 18.5. The van der Waals surface area contributed by atoms with Crippen molar-refractivity contribution in [3.8, 4) is 0 Å². The summed E-state index contributed by atoms with van der Waals surface area (Å²) in [6, 6.07) is 15.1. The highest BCUT2D eigenvalue weighted by Gasteiger charge is 2.19. The van der Waals surface area contributed by atoms with Crippen molar-refractivity contribution < 1.29 is 9.59 Å². The molecule has 1 fully saturated rings. The van der Waals surface area contributed by atoms with Crippen molar-refractivity contribution in [3.63, 3.8) is 0 Å². The standard InChI is InChI=1S/C21H23ClN2O2/c22-19-9-2-1-7-17(19)10-11-20(25)23-15-16-6-5-8-18(14-16)21(26)24-12-3-4-13-24/h1-2,5-9,14H,3-4,10-13,15H2,(H,23,25). The van der Waals surface area contributed by atoms with Crippen molar-refractivity contribution in [1.29, 1.82) is 0 Å². The van der Waals surface area contributed by atoms with E-state index in [0.29, 0.717) is 30.0 Å². The Labute approximate surface area is 159 Å². The van der Waals surface area contributed by atoms with Gasteiger partial charge in [-0.1, -0.05) is 41.9 Å². The normalized spacial score (nSPS) is 13.7. The Balaban J connectivity index is 1.51. The Bertz CT molecular complexity index is 785. The molecule has 1 aliphatic rings. The molecule has 2 aromatic carbocycles. The molecule has 136 valence electrons. The summed E-state index contributed by atoms with van der Waals surface area (Å²) >= 11 is 6.11. The van der Waals surface area contributed by atoms with Crippen LogP contribution in [0.15, 0.2) is 48.5 Å². The Morgan fingerprint density at radius 1 is 1.04 bits per heavy atom. The van der Waals surface area contributed by atoms with E-state index < -0.39 is 0 Å². The van der Waals surface area contributed by atoms with Gasteiger partial charge >= 0.3 is 0 Å². The summed E-state index contributed by atoms with van der Waals surface area (Å²) < 4.78 is 0. The van der Waals surface area contributed by atoms with Crippen LogP contribution in [-0.4, -0.2) is 29.8 Å². The number of rotatable bonds is 6. The summed E-state index contributed by atoms with van der Waals surface area (Å²) in [5.41, 5.74) is 2.60. The topological polar surface area (TPSA) is 49.4 Å². The van der Waals surface area contributed by atoms with Gasteiger partial charge in [0.05, 0.1) is 0 Å². The third-order valence-electron chi connectivity index (χ3n) is 4.64. The van der Waals surface area contributed by atoms with E-state index in [0.717, 1.165) is 37.1 Å². The van der Waals surface area contributed by atoms with Gasteiger partial charge in [0.25, 0.3) is 5.91 Å². The van der Waals surface area contributed by atoms with Crippen LogP contribution in [0.1, 0.15) is 40.7 Å². The van der Waals surface area contributed by atoms with E-state index in [2.05, 4.69) is 5.32 Å². The molecule has 0 aliphatic carbocycles. The number of nitrogens with zero attached hydrogens (tertiary/aromatic N) is 1. The first-order valence-corrected chi connectivity index (χ1v) is 9.39. The van der Waals surface area contributed by atoms with Gasteiger partial charge in [0.1, 0.15) is 0 Å². The SMILES string of the molecule is O=C(CCc1ccccc1Cl)NCc1cccc(C(=O)N2CCCC2)c1. The highest BCUT2D eigenvalue weighted by molar-refractivity contribution is 6.31. The predicted molar refractivity (Wildman–Crippen MR) is 103 cm³/mol. The number of likely N-dealkylation sites (tertiary alicyclic amines) is 1. The van der Waals surface area contributed by atoms with Gasteiger partial charge in [-0.05, 0) is 48.6 Å². The predicted octanol–water partition coefficient (Wildman–Crippen LogP) is 3.83. The fraction of sp³-hybridized carbons (Fsp3) is 0.333. The zero-order valence-corrected chi connectivity index (χ0v) is 15.5. The fourth-order valence-corrected chi connectivity index (χ4v) is 3.39. The molecular formula is C21H23ClN2O2. The van der Waals surface area contributed by atoms with Gasteiger partial charge < -0.3 is 10.2 Å². The number of halogens is 1. The molecule has 0 saturated carbocycles. The summed E-state index contributed by atoms with van der Waals surface area (Å²) in [5.74, 6) is 0.0515. The van der Waals surface area contributed by atoms with Gasteiger partial charge in [-0.15, -0.1) is 0 Å². The maximum atomic E-state index is 12.5. The number of benzene rings is 2. The van der Waals surface area contributed by atoms with Crippen LogP contribution in [0.25, 0.3) is 0 Å². The van der Waals surface area contributed by atoms with Crippen LogP contribution in [-0.2, 0) is 17.8 Å². The first-order chi connectivity index (χ1) is 12.6. The second-order valence-electron chi connectivity index (χ2n) is 6.57. The zero-order chi connectivity index (χ0) is 18.4. The Hall–Kier alpha value is -2.33. The van der Waals surface area contributed by atoms with Crippen LogP contribution in [0.4, 0.5) is 0 Å². The summed E-state index contributed by atoms with van der Waals surface area (Å²) in [6.45, 7) is 2.09. The Morgan fingerprint density at radius 2 is 1.81 bits per heavy atom. The van der Waals surface area contributed by atoms with Crippen molar-refractivity contribution in [2.75, 3.05) is 13.1 Å². The molecular weight excluding hydrogens is 348 g/mol. The van der Waals surface area contributed by atoms with Gasteiger partial charge in [0, 0.05) is 36.6 Å². The number of hydrogen-bond acceptors (Lipinski definition) is 2. The summed E-state index contributed by atoms with van der Waals surface area (Å²) in [6.07, 6.45) is 3.15. The third-order valence-corrected chi connectivity index (χ3v) is 5.00. The minimum Gasteiger partial charge on any atom is -0.352 e. The largest absolute Gasteiger partial charge is 0.352 e. The van der Waals surface area contributed by atoms with Crippen molar-refractivity contribution in [3.05, 3.63) is 70.2 Å². The van der Waals surface area contributed by atoms with Gasteiger partial charge in [-0.25, -0.2) is 0 Å². The molecule has 0 atom stereocenters. The van der Waals surface area contributed by atoms with E-state index in [1.54, 1.807) is 0 Å². The summed E-state index contributed by atoms with van der Waals surface area (Å²) in [4.78, 5) is 26.4. The molecule has 5 heteroatoms. The monoisotopic (exact) mass is 370 g/mol. The molecule has 2 aromatic rings. The smallest absolute Gasteiger partial charge is 0.253 e. The van der Waals surface area contributed by atoms with Crippen molar-refractivity contribution >= 4 is 23.4 Å². The van der Waals surface area contributed by atoms with Gasteiger partial charge in [0.2, 0.25) is 5.91 Å². The number of amides is 2. The molecule has 0 bridgehead atoms. The average Bonchev–Trinajstić information content (AvgIpc) is 3.20. The summed E-state index contributed by atoms with van der Waals surface area (Å²) in [7, 11) is 0. The highest BCUT2D eigenvalue weighted by atomic mass is 35.5. The highest BCUT2D eigenvalue weighted by Crippen LogP contribution is 2.17. The zero-order valence-electron chi connectivity index (χ0n) is 14.7. The lowest BCUT2D eigenvalue weighted by Crippen LogP contribution is -2.28.